The predicted molar refractivity (Wildman–Crippen MR) is 75.9 cm³/mol. The summed E-state index contributed by atoms with van der Waals surface area (Å²) in [6, 6.07) is 4.67. The third-order valence-electron chi connectivity index (χ3n) is 2.12. The third kappa shape index (κ3) is 4.88. The van der Waals surface area contributed by atoms with E-state index < -0.39 is 12.0 Å². The molecule has 0 fully saturated rings. The molecule has 2 N–H and O–H groups in total. The molecular formula is C11H11BrClNO3S. The molecule has 0 aromatic heterocycles. The number of carboxylic acids is 1. The van der Waals surface area contributed by atoms with E-state index in [1.807, 2.05) is 12.1 Å². The van der Waals surface area contributed by atoms with Crippen molar-refractivity contribution in [2.45, 2.75) is 11.8 Å². The Bertz CT molecular complexity index is 444. The van der Waals surface area contributed by atoms with Crippen molar-refractivity contribution in [1.82, 2.24) is 5.32 Å². The zero-order chi connectivity index (χ0) is 13.5. The highest BCUT2D eigenvalue weighted by atomic mass is 79.9. The number of halogens is 2. The number of carbonyl (C=O) groups excluding carboxylic acids is 1. The van der Waals surface area contributed by atoms with Crippen molar-refractivity contribution in [3.8, 4) is 0 Å². The molecule has 18 heavy (non-hydrogen) atoms. The summed E-state index contributed by atoms with van der Waals surface area (Å²) in [7, 11) is 0. The molecule has 1 atom stereocenters. The van der Waals surface area contributed by atoms with Gasteiger partial charge in [-0.25, -0.2) is 4.79 Å². The molecule has 0 radical (unpaired) electrons. The van der Waals surface area contributed by atoms with E-state index in [0.29, 0.717) is 22.9 Å². The number of benzene rings is 1. The second kappa shape index (κ2) is 7.66. The van der Waals surface area contributed by atoms with Gasteiger partial charge in [-0.05, 0) is 17.7 Å². The summed E-state index contributed by atoms with van der Waals surface area (Å²) < 4.78 is 0.896. The van der Waals surface area contributed by atoms with Crippen LogP contribution in [0.3, 0.4) is 0 Å². The van der Waals surface area contributed by atoms with Crippen LogP contribution in [0.1, 0.15) is 5.56 Å². The number of rotatable bonds is 7. The van der Waals surface area contributed by atoms with E-state index in [2.05, 4.69) is 21.2 Å². The monoisotopic (exact) mass is 351 g/mol. The molecule has 1 aromatic rings. The molecule has 98 valence electrons. The molecule has 0 spiro atoms. The van der Waals surface area contributed by atoms with Crippen molar-refractivity contribution in [3.05, 3.63) is 33.3 Å². The van der Waals surface area contributed by atoms with Gasteiger partial charge < -0.3 is 10.4 Å². The van der Waals surface area contributed by atoms with Crippen molar-refractivity contribution in [2.24, 2.45) is 0 Å². The van der Waals surface area contributed by atoms with Crippen LogP contribution in [0, 0.1) is 0 Å². The van der Waals surface area contributed by atoms with E-state index in [1.54, 1.807) is 6.07 Å². The first-order chi connectivity index (χ1) is 8.54. The smallest absolute Gasteiger partial charge is 0.327 e. The number of hydrogen-bond donors (Lipinski definition) is 2. The summed E-state index contributed by atoms with van der Waals surface area (Å²) >= 11 is 10.7. The quantitative estimate of drug-likeness (QED) is 0.740. The van der Waals surface area contributed by atoms with Gasteiger partial charge in [-0.3, -0.25) is 4.79 Å². The molecule has 1 unspecified atom stereocenters. The highest BCUT2D eigenvalue weighted by Gasteiger charge is 2.16. The van der Waals surface area contributed by atoms with Crippen LogP contribution in [0.4, 0.5) is 0 Å². The Morgan fingerprint density at radius 1 is 1.61 bits per heavy atom. The van der Waals surface area contributed by atoms with Gasteiger partial charge in [0.2, 0.25) is 6.41 Å². The Morgan fingerprint density at radius 3 is 2.89 bits per heavy atom. The fourth-order valence-electron chi connectivity index (χ4n) is 1.20. The van der Waals surface area contributed by atoms with Gasteiger partial charge in [0.05, 0.1) is 0 Å². The lowest BCUT2D eigenvalue weighted by Gasteiger charge is -2.11. The molecular weight excluding hydrogens is 342 g/mol. The molecule has 4 nitrogen and oxygen atoms in total. The molecule has 0 saturated heterocycles. The molecule has 0 saturated carbocycles. The van der Waals surface area contributed by atoms with Crippen LogP contribution in [0.5, 0.6) is 0 Å². The van der Waals surface area contributed by atoms with Crippen molar-refractivity contribution >= 4 is 51.7 Å². The van der Waals surface area contributed by atoms with Crippen LogP contribution in [0.15, 0.2) is 22.7 Å². The number of hydrogen-bond acceptors (Lipinski definition) is 3. The minimum absolute atomic E-state index is 0.292. The van der Waals surface area contributed by atoms with Crippen LogP contribution in [-0.2, 0) is 15.3 Å². The Morgan fingerprint density at radius 2 is 2.33 bits per heavy atom. The molecule has 0 aliphatic heterocycles. The maximum atomic E-state index is 10.8. The van der Waals surface area contributed by atoms with E-state index in [-0.39, 0.29) is 0 Å². The van der Waals surface area contributed by atoms with Gasteiger partial charge in [0.25, 0.3) is 0 Å². The Hall–Kier alpha value is -0.720. The van der Waals surface area contributed by atoms with Gasteiger partial charge in [0.1, 0.15) is 6.04 Å². The fraction of sp³-hybridized carbons (Fsp3) is 0.273. The Balaban J connectivity index is 2.49. The van der Waals surface area contributed by atoms with Crippen LogP contribution < -0.4 is 5.32 Å². The molecule has 1 rings (SSSR count). The number of carboxylic acid groups (broad SMARTS) is 1. The Labute approximate surface area is 122 Å². The molecule has 0 heterocycles. The van der Waals surface area contributed by atoms with Gasteiger partial charge in [-0.15, -0.1) is 0 Å². The summed E-state index contributed by atoms with van der Waals surface area (Å²) in [5.41, 5.74) is 0.931. The van der Waals surface area contributed by atoms with Gasteiger partial charge in [0.15, 0.2) is 0 Å². The van der Waals surface area contributed by atoms with E-state index >= 15 is 0 Å². The minimum Gasteiger partial charge on any atom is -0.480 e. The van der Waals surface area contributed by atoms with Gasteiger partial charge in [0, 0.05) is 21.0 Å². The number of thioether (sulfide) groups is 1. The molecule has 1 amide bonds. The number of nitrogens with one attached hydrogen (secondary N) is 1. The molecule has 0 aliphatic rings. The second-order valence-electron chi connectivity index (χ2n) is 3.43. The van der Waals surface area contributed by atoms with Crippen LogP contribution >= 0.6 is 39.3 Å². The van der Waals surface area contributed by atoms with E-state index in [9.17, 15) is 9.59 Å². The van der Waals surface area contributed by atoms with E-state index in [4.69, 9.17) is 16.7 Å². The van der Waals surface area contributed by atoms with Crippen LogP contribution in [0.25, 0.3) is 0 Å². The SMILES string of the molecule is O=CNC(CSCc1ccc(Br)cc1Cl)C(=O)O. The lowest BCUT2D eigenvalue weighted by Crippen LogP contribution is -2.37. The number of amides is 1. The first-order valence-electron chi connectivity index (χ1n) is 4.98. The first-order valence-corrected chi connectivity index (χ1v) is 7.31. The van der Waals surface area contributed by atoms with Crippen LogP contribution in [0.2, 0.25) is 5.02 Å². The molecule has 0 aliphatic carbocycles. The normalized spacial score (nSPS) is 11.9. The zero-order valence-corrected chi connectivity index (χ0v) is 12.4. The van der Waals surface area contributed by atoms with Crippen molar-refractivity contribution in [3.63, 3.8) is 0 Å². The predicted octanol–water partition coefficient (Wildman–Crippen LogP) is 2.53. The van der Waals surface area contributed by atoms with Crippen molar-refractivity contribution in [1.29, 1.82) is 0 Å². The highest BCUT2D eigenvalue weighted by Crippen LogP contribution is 2.25. The maximum Gasteiger partial charge on any atom is 0.327 e. The average Bonchev–Trinajstić information content (AvgIpc) is 2.30. The topological polar surface area (TPSA) is 66.4 Å². The standard InChI is InChI=1S/C11H11BrClNO3S/c12-8-2-1-7(9(13)3-8)4-18-5-10(11(16)17)14-6-15/h1-3,6,10H,4-5H2,(H,14,15)(H,16,17). The third-order valence-corrected chi connectivity index (χ3v) is 4.05. The second-order valence-corrected chi connectivity index (χ2v) is 5.78. The summed E-state index contributed by atoms with van der Waals surface area (Å²) in [6.07, 6.45) is 0.395. The van der Waals surface area contributed by atoms with Crippen molar-refractivity contribution < 1.29 is 14.7 Å². The van der Waals surface area contributed by atoms with E-state index in [0.717, 1.165) is 10.0 Å². The molecule has 1 aromatic carbocycles. The fourth-order valence-corrected chi connectivity index (χ4v) is 3.08. The van der Waals surface area contributed by atoms with E-state index in [1.165, 1.54) is 11.8 Å². The van der Waals surface area contributed by atoms with Gasteiger partial charge in [-0.2, -0.15) is 11.8 Å². The lowest BCUT2D eigenvalue weighted by atomic mass is 10.2. The van der Waals surface area contributed by atoms with Crippen molar-refractivity contribution in [2.75, 3.05) is 5.75 Å². The Kier molecular flexibility index (Phi) is 6.52. The number of aliphatic carboxylic acids is 1. The van der Waals surface area contributed by atoms with Crippen LogP contribution in [-0.4, -0.2) is 29.3 Å². The summed E-state index contributed by atoms with van der Waals surface area (Å²) in [5, 5.41) is 11.7. The highest BCUT2D eigenvalue weighted by molar-refractivity contribution is 9.10. The summed E-state index contributed by atoms with van der Waals surface area (Å²) in [5.74, 6) is -0.159. The molecule has 7 heteroatoms. The maximum absolute atomic E-state index is 10.8. The zero-order valence-electron chi connectivity index (χ0n) is 9.23. The molecule has 0 bridgehead atoms. The summed E-state index contributed by atoms with van der Waals surface area (Å²) in [6.45, 7) is 0. The number of carbonyl (C=O) groups is 2. The first kappa shape index (κ1) is 15.3. The van der Waals surface area contributed by atoms with Gasteiger partial charge >= 0.3 is 5.97 Å². The lowest BCUT2D eigenvalue weighted by molar-refractivity contribution is -0.139. The van der Waals surface area contributed by atoms with Gasteiger partial charge in [-0.1, -0.05) is 33.6 Å². The average molecular weight is 353 g/mol. The largest absolute Gasteiger partial charge is 0.480 e. The summed E-state index contributed by atoms with van der Waals surface area (Å²) in [4.78, 5) is 21.0. The minimum atomic E-state index is -1.04.